The molecule has 7 heteroatoms. The van der Waals surface area contributed by atoms with Crippen molar-refractivity contribution < 1.29 is 0 Å². The van der Waals surface area contributed by atoms with Crippen LogP contribution in [0.2, 0.25) is 0 Å². The lowest BCUT2D eigenvalue weighted by Crippen LogP contribution is -2.40. The van der Waals surface area contributed by atoms with Gasteiger partial charge < -0.3 is 15.5 Å². The molecule has 0 bridgehead atoms. The Morgan fingerprint density at radius 1 is 1.19 bits per heavy atom. The number of nitrogens with one attached hydrogen (secondary N) is 2. The number of aliphatic imine (C=N–C) groups is 1. The second kappa shape index (κ2) is 13.4. The monoisotopic (exact) mass is 490 g/mol. The number of aromatic nitrogens is 2. The van der Waals surface area contributed by atoms with Crippen LogP contribution in [-0.4, -0.2) is 60.4 Å². The quantitative estimate of drug-likeness (QED) is 0.241. The van der Waals surface area contributed by atoms with Crippen molar-refractivity contribution in [2.75, 3.05) is 33.7 Å². The summed E-state index contributed by atoms with van der Waals surface area (Å²) in [5.74, 6) is 0.902. The first-order valence-corrected chi connectivity index (χ1v) is 10.3. The molecule has 0 amide bonds. The molecule has 1 fully saturated rings. The van der Waals surface area contributed by atoms with Gasteiger partial charge >= 0.3 is 0 Å². The van der Waals surface area contributed by atoms with Crippen LogP contribution in [-0.2, 0) is 6.54 Å². The molecule has 27 heavy (non-hydrogen) atoms. The standard InChI is InChI=1S/C20H38N6.HI/c1-17-16-18(2)26(24-17)15-9-13-23-20(21-3)22-12-8-14-25(4)19-10-6-5-7-11-19;/h16,19H,5-15H2,1-4H3,(H2,21,22,23);1H. The van der Waals surface area contributed by atoms with Crippen LogP contribution < -0.4 is 10.6 Å². The Morgan fingerprint density at radius 3 is 2.44 bits per heavy atom. The zero-order valence-corrected chi connectivity index (χ0v) is 20.0. The first kappa shape index (κ1) is 24.2. The van der Waals surface area contributed by atoms with Crippen LogP contribution in [0.3, 0.4) is 0 Å². The molecule has 1 aromatic heterocycles. The lowest BCUT2D eigenvalue weighted by Gasteiger charge is -2.31. The van der Waals surface area contributed by atoms with Crippen molar-refractivity contribution in [3.05, 3.63) is 17.5 Å². The summed E-state index contributed by atoms with van der Waals surface area (Å²) < 4.78 is 2.08. The molecule has 1 heterocycles. The zero-order chi connectivity index (χ0) is 18.8. The molecule has 0 aromatic carbocycles. The van der Waals surface area contributed by atoms with E-state index in [1.807, 2.05) is 14.0 Å². The van der Waals surface area contributed by atoms with Crippen molar-refractivity contribution in [2.24, 2.45) is 4.99 Å². The van der Waals surface area contributed by atoms with Gasteiger partial charge in [-0.1, -0.05) is 19.3 Å². The van der Waals surface area contributed by atoms with Crippen LogP contribution in [0.1, 0.15) is 56.3 Å². The highest BCUT2D eigenvalue weighted by molar-refractivity contribution is 14.0. The van der Waals surface area contributed by atoms with Crippen molar-refractivity contribution in [2.45, 2.75) is 71.4 Å². The van der Waals surface area contributed by atoms with Crippen molar-refractivity contribution in [1.29, 1.82) is 0 Å². The molecule has 0 unspecified atom stereocenters. The first-order valence-electron chi connectivity index (χ1n) is 10.3. The largest absolute Gasteiger partial charge is 0.356 e. The lowest BCUT2D eigenvalue weighted by molar-refractivity contribution is 0.190. The van der Waals surface area contributed by atoms with Crippen LogP contribution in [0.25, 0.3) is 0 Å². The van der Waals surface area contributed by atoms with Crippen molar-refractivity contribution in [1.82, 2.24) is 25.3 Å². The maximum absolute atomic E-state index is 4.50. The van der Waals surface area contributed by atoms with Crippen LogP contribution in [0.4, 0.5) is 0 Å². The number of aryl methyl sites for hydroxylation is 3. The normalized spacial score (nSPS) is 15.7. The average Bonchev–Trinajstić information content (AvgIpc) is 2.98. The summed E-state index contributed by atoms with van der Waals surface area (Å²) in [6, 6.07) is 2.92. The third-order valence-electron chi connectivity index (χ3n) is 5.34. The molecule has 0 atom stereocenters. The molecule has 156 valence electrons. The highest BCUT2D eigenvalue weighted by Crippen LogP contribution is 2.21. The molecule has 2 rings (SSSR count). The third kappa shape index (κ3) is 8.81. The van der Waals surface area contributed by atoms with Crippen LogP contribution in [0, 0.1) is 13.8 Å². The van der Waals surface area contributed by atoms with Gasteiger partial charge in [0.25, 0.3) is 0 Å². The highest BCUT2D eigenvalue weighted by atomic mass is 127. The van der Waals surface area contributed by atoms with E-state index in [4.69, 9.17) is 0 Å². The predicted octanol–water partition coefficient (Wildman–Crippen LogP) is 3.33. The second-order valence-corrected chi connectivity index (χ2v) is 7.56. The molecule has 1 aromatic rings. The van der Waals surface area contributed by atoms with Gasteiger partial charge in [0, 0.05) is 38.4 Å². The molecule has 0 radical (unpaired) electrons. The fraction of sp³-hybridized carbons (Fsp3) is 0.800. The van der Waals surface area contributed by atoms with E-state index in [0.717, 1.165) is 56.7 Å². The van der Waals surface area contributed by atoms with E-state index in [1.165, 1.54) is 37.8 Å². The summed E-state index contributed by atoms with van der Waals surface area (Å²) >= 11 is 0. The van der Waals surface area contributed by atoms with Gasteiger partial charge in [0.2, 0.25) is 0 Å². The Morgan fingerprint density at radius 2 is 1.85 bits per heavy atom. The Bertz CT molecular complexity index is 551. The molecular weight excluding hydrogens is 451 g/mol. The van der Waals surface area contributed by atoms with Gasteiger partial charge in [0.1, 0.15) is 0 Å². The lowest BCUT2D eigenvalue weighted by atomic mass is 9.94. The van der Waals surface area contributed by atoms with E-state index < -0.39 is 0 Å². The first-order chi connectivity index (χ1) is 12.6. The minimum absolute atomic E-state index is 0. The number of rotatable bonds is 9. The van der Waals surface area contributed by atoms with E-state index in [1.54, 1.807) is 0 Å². The molecule has 0 saturated heterocycles. The number of guanidine groups is 1. The fourth-order valence-corrected chi connectivity index (χ4v) is 3.80. The van der Waals surface area contributed by atoms with Gasteiger partial charge in [-0.15, -0.1) is 24.0 Å². The van der Waals surface area contributed by atoms with E-state index in [0.29, 0.717) is 0 Å². The summed E-state index contributed by atoms with van der Waals surface area (Å²) in [5, 5.41) is 11.3. The molecule has 1 aliphatic carbocycles. The SMILES string of the molecule is CN=C(NCCCN(C)C1CCCCC1)NCCCn1nc(C)cc1C.I. The van der Waals surface area contributed by atoms with Crippen LogP contribution in [0.15, 0.2) is 11.1 Å². The average molecular weight is 490 g/mol. The van der Waals surface area contributed by atoms with E-state index in [2.05, 4.69) is 50.3 Å². The summed E-state index contributed by atoms with van der Waals surface area (Å²) in [6.45, 7) is 8.12. The zero-order valence-electron chi connectivity index (χ0n) is 17.6. The minimum atomic E-state index is 0. The third-order valence-corrected chi connectivity index (χ3v) is 5.34. The summed E-state index contributed by atoms with van der Waals surface area (Å²) in [7, 11) is 4.12. The summed E-state index contributed by atoms with van der Waals surface area (Å²) in [6.07, 6.45) is 9.17. The highest BCUT2D eigenvalue weighted by Gasteiger charge is 2.17. The Kier molecular flexibility index (Phi) is 12.0. The molecule has 1 aliphatic rings. The van der Waals surface area contributed by atoms with Crippen molar-refractivity contribution in [3.8, 4) is 0 Å². The van der Waals surface area contributed by atoms with Gasteiger partial charge in [-0.3, -0.25) is 9.67 Å². The Labute approximate surface area is 182 Å². The molecule has 0 aliphatic heterocycles. The van der Waals surface area contributed by atoms with E-state index in [9.17, 15) is 0 Å². The minimum Gasteiger partial charge on any atom is -0.356 e. The molecule has 2 N–H and O–H groups in total. The van der Waals surface area contributed by atoms with Gasteiger partial charge in [0.05, 0.1) is 5.69 Å². The maximum Gasteiger partial charge on any atom is 0.190 e. The van der Waals surface area contributed by atoms with E-state index >= 15 is 0 Å². The molecule has 6 nitrogen and oxygen atoms in total. The van der Waals surface area contributed by atoms with Gasteiger partial charge in [-0.05, 0) is 59.2 Å². The second-order valence-electron chi connectivity index (χ2n) is 7.56. The van der Waals surface area contributed by atoms with Crippen LogP contribution >= 0.6 is 24.0 Å². The number of nitrogens with zero attached hydrogens (tertiary/aromatic N) is 4. The van der Waals surface area contributed by atoms with Crippen molar-refractivity contribution >= 4 is 29.9 Å². The maximum atomic E-state index is 4.50. The predicted molar refractivity (Wildman–Crippen MR) is 125 cm³/mol. The fourth-order valence-electron chi connectivity index (χ4n) is 3.80. The Balaban J connectivity index is 0.00000364. The van der Waals surface area contributed by atoms with E-state index in [-0.39, 0.29) is 24.0 Å². The summed E-state index contributed by atoms with van der Waals surface area (Å²) in [4.78, 5) is 6.87. The van der Waals surface area contributed by atoms with Crippen molar-refractivity contribution in [3.63, 3.8) is 0 Å². The number of halogens is 1. The number of hydrogen-bond acceptors (Lipinski definition) is 3. The molecule has 0 spiro atoms. The molecular formula is C20H39IN6. The molecule has 1 saturated carbocycles. The smallest absolute Gasteiger partial charge is 0.190 e. The Hall–Kier alpha value is -0.830. The van der Waals surface area contributed by atoms with Gasteiger partial charge in [-0.25, -0.2) is 0 Å². The summed E-state index contributed by atoms with van der Waals surface area (Å²) in [5.41, 5.74) is 2.32. The number of hydrogen-bond donors (Lipinski definition) is 2. The van der Waals surface area contributed by atoms with Gasteiger partial charge in [-0.2, -0.15) is 5.10 Å². The topological polar surface area (TPSA) is 57.5 Å². The van der Waals surface area contributed by atoms with Crippen LogP contribution in [0.5, 0.6) is 0 Å². The van der Waals surface area contributed by atoms with Gasteiger partial charge in [0.15, 0.2) is 5.96 Å².